The number of hydrogen-bond acceptors (Lipinski definition) is 8. The molecule has 27 heavy (non-hydrogen) atoms. The van der Waals surface area contributed by atoms with E-state index in [0.717, 1.165) is 11.3 Å². The lowest BCUT2D eigenvalue weighted by Crippen LogP contribution is -2.07. The van der Waals surface area contributed by atoms with Crippen LogP contribution >= 0.6 is 11.3 Å². The highest BCUT2D eigenvalue weighted by Crippen LogP contribution is 2.37. The van der Waals surface area contributed by atoms with Crippen LogP contribution in [0.15, 0.2) is 30.3 Å². The second-order valence-electron chi connectivity index (χ2n) is 5.69. The Bertz CT molecular complexity index is 1070. The average Bonchev–Trinajstić information content (AvgIpc) is 2.97. The van der Waals surface area contributed by atoms with Gasteiger partial charge in [0.05, 0.1) is 22.8 Å². The van der Waals surface area contributed by atoms with Crippen LogP contribution in [0.2, 0.25) is 0 Å². The molecule has 9 heteroatoms. The van der Waals surface area contributed by atoms with Crippen LogP contribution in [0, 0.1) is 17.0 Å². The fourth-order valence-electron chi connectivity index (χ4n) is 2.65. The predicted molar refractivity (Wildman–Crippen MR) is 101 cm³/mol. The van der Waals surface area contributed by atoms with Crippen molar-refractivity contribution in [3.63, 3.8) is 0 Å². The molecule has 0 amide bonds. The van der Waals surface area contributed by atoms with Crippen LogP contribution in [-0.2, 0) is 4.74 Å². The van der Waals surface area contributed by atoms with E-state index in [4.69, 9.17) is 10.5 Å². The van der Waals surface area contributed by atoms with Gasteiger partial charge in [-0.2, -0.15) is 0 Å². The minimum absolute atomic E-state index is 0.113. The lowest BCUT2D eigenvalue weighted by molar-refractivity contribution is -0.384. The van der Waals surface area contributed by atoms with Gasteiger partial charge in [0.2, 0.25) is 5.78 Å². The number of benzene rings is 1. The van der Waals surface area contributed by atoms with E-state index in [9.17, 15) is 19.7 Å². The van der Waals surface area contributed by atoms with E-state index in [0.29, 0.717) is 15.9 Å². The average molecular weight is 385 g/mol. The number of anilines is 1. The topological polar surface area (TPSA) is 125 Å². The Hall–Kier alpha value is -3.33. The van der Waals surface area contributed by atoms with Crippen LogP contribution in [0.3, 0.4) is 0 Å². The maximum absolute atomic E-state index is 12.8. The van der Waals surface area contributed by atoms with Crippen molar-refractivity contribution >= 4 is 44.7 Å². The van der Waals surface area contributed by atoms with Gasteiger partial charge in [0.1, 0.15) is 9.71 Å². The second-order valence-corrected chi connectivity index (χ2v) is 6.69. The standard InChI is InChI=1S/C18H15N3O5S/c1-3-26-18(23)12-8-9(2)20-17-13(12)14(19)16(27-17)15(22)10-4-6-11(7-5-10)21(24)25/h4-8H,3,19H2,1-2H3. The number of rotatable bonds is 5. The van der Waals surface area contributed by atoms with Gasteiger partial charge in [-0.05, 0) is 32.0 Å². The molecule has 0 fully saturated rings. The molecule has 3 aromatic rings. The third-order valence-electron chi connectivity index (χ3n) is 3.87. The van der Waals surface area contributed by atoms with Gasteiger partial charge < -0.3 is 10.5 Å². The first-order valence-electron chi connectivity index (χ1n) is 7.99. The first-order chi connectivity index (χ1) is 12.8. The van der Waals surface area contributed by atoms with Crippen LogP contribution in [-0.4, -0.2) is 28.3 Å². The van der Waals surface area contributed by atoms with E-state index >= 15 is 0 Å². The van der Waals surface area contributed by atoms with E-state index in [2.05, 4.69) is 4.98 Å². The lowest BCUT2D eigenvalue weighted by atomic mass is 10.1. The number of esters is 1. The van der Waals surface area contributed by atoms with Crippen molar-refractivity contribution in [3.05, 3.63) is 62.1 Å². The number of nitrogens with two attached hydrogens (primary N) is 1. The van der Waals surface area contributed by atoms with Crippen molar-refractivity contribution in [2.75, 3.05) is 12.3 Å². The Morgan fingerprint density at radius 3 is 2.56 bits per heavy atom. The van der Waals surface area contributed by atoms with Gasteiger partial charge in [-0.1, -0.05) is 0 Å². The van der Waals surface area contributed by atoms with Crippen LogP contribution in [0.5, 0.6) is 0 Å². The van der Waals surface area contributed by atoms with Crippen molar-refractivity contribution in [2.24, 2.45) is 0 Å². The fourth-order valence-corrected chi connectivity index (χ4v) is 3.78. The number of nitrogens with zero attached hydrogens (tertiary/aromatic N) is 2. The number of fused-ring (bicyclic) bond motifs is 1. The first-order valence-corrected chi connectivity index (χ1v) is 8.81. The number of ether oxygens (including phenoxy) is 1. The molecule has 0 saturated carbocycles. The van der Waals surface area contributed by atoms with Crippen LogP contribution in [0.25, 0.3) is 10.2 Å². The fraction of sp³-hybridized carbons (Fsp3) is 0.167. The van der Waals surface area contributed by atoms with Crippen LogP contribution in [0.1, 0.15) is 38.2 Å². The summed E-state index contributed by atoms with van der Waals surface area (Å²) in [5.74, 6) is -0.926. The molecule has 0 atom stereocenters. The van der Waals surface area contributed by atoms with Gasteiger partial charge in [-0.3, -0.25) is 14.9 Å². The Kier molecular flexibility index (Phi) is 4.87. The number of thiophene rings is 1. The summed E-state index contributed by atoms with van der Waals surface area (Å²) in [6.07, 6.45) is 0. The highest BCUT2D eigenvalue weighted by molar-refractivity contribution is 7.21. The molecular formula is C18H15N3O5S. The summed E-state index contributed by atoms with van der Waals surface area (Å²) in [6.45, 7) is 3.64. The SMILES string of the molecule is CCOC(=O)c1cc(C)nc2sc(C(=O)c3ccc([N+](=O)[O-])cc3)c(N)c12. The van der Waals surface area contributed by atoms with Crippen molar-refractivity contribution < 1.29 is 19.2 Å². The molecular weight excluding hydrogens is 370 g/mol. The minimum Gasteiger partial charge on any atom is -0.462 e. The molecule has 8 nitrogen and oxygen atoms in total. The predicted octanol–water partition coefficient (Wildman–Crippen LogP) is 3.50. The first kappa shape index (κ1) is 18.5. The molecule has 0 saturated heterocycles. The summed E-state index contributed by atoms with van der Waals surface area (Å²) in [7, 11) is 0. The molecule has 0 bridgehead atoms. The number of non-ortho nitro benzene ring substituents is 1. The summed E-state index contributed by atoms with van der Waals surface area (Å²) in [6, 6.07) is 6.82. The number of carbonyl (C=O) groups is 2. The Labute approximate surface area is 157 Å². The normalized spacial score (nSPS) is 10.7. The van der Waals surface area contributed by atoms with E-state index < -0.39 is 16.7 Å². The zero-order chi connectivity index (χ0) is 19.7. The maximum atomic E-state index is 12.8. The molecule has 0 aliphatic rings. The van der Waals surface area contributed by atoms with E-state index in [1.54, 1.807) is 19.9 Å². The van der Waals surface area contributed by atoms with Gasteiger partial charge in [0.25, 0.3) is 5.69 Å². The van der Waals surface area contributed by atoms with Gasteiger partial charge in [-0.25, -0.2) is 9.78 Å². The highest BCUT2D eigenvalue weighted by atomic mass is 32.1. The smallest absolute Gasteiger partial charge is 0.338 e. The van der Waals surface area contributed by atoms with Gasteiger partial charge in [0, 0.05) is 28.8 Å². The number of nitro benzene ring substituents is 1. The van der Waals surface area contributed by atoms with Crippen molar-refractivity contribution in [2.45, 2.75) is 13.8 Å². The molecule has 3 rings (SSSR count). The van der Waals surface area contributed by atoms with Crippen LogP contribution < -0.4 is 5.73 Å². The summed E-state index contributed by atoms with van der Waals surface area (Å²) >= 11 is 1.07. The number of nitrogen functional groups attached to an aromatic ring is 1. The number of nitro groups is 1. The molecule has 0 radical (unpaired) electrons. The van der Waals surface area contributed by atoms with Gasteiger partial charge in [0.15, 0.2) is 0 Å². The summed E-state index contributed by atoms with van der Waals surface area (Å²) in [4.78, 5) is 40.4. The lowest BCUT2D eigenvalue weighted by Gasteiger charge is -2.05. The second kappa shape index (κ2) is 7.12. The van der Waals surface area contributed by atoms with Crippen molar-refractivity contribution in [1.82, 2.24) is 4.98 Å². The molecule has 2 N–H and O–H groups in total. The molecule has 2 aromatic heterocycles. The maximum Gasteiger partial charge on any atom is 0.338 e. The van der Waals surface area contributed by atoms with Crippen molar-refractivity contribution in [3.8, 4) is 0 Å². The molecule has 138 valence electrons. The minimum atomic E-state index is -0.541. The third-order valence-corrected chi connectivity index (χ3v) is 4.97. The van der Waals surface area contributed by atoms with Crippen LogP contribution in [0.4, 0.5) is 11.4 Å². The summed E-state index contributed by atoms with van der Waals surface area (Å²) in [5, 5.41) is 11.1. The highest BCUT2D eigenvalue weighted by Gasteiger charge is 2.24. The molecule has 2 heterocycles. The number of ketones is 1. The zero-order valence-corrected chi connectivity index (χ0v) is 15.3. The Morgan fingerprint density at radius 2 is 1.96 bits per heavy atom. The number of aryl methyl sites for hydroxylation is 1. The van der Waals surface area contributed by atoms with Crippen molar-refractivity contribution in [1.29, 1.82) is 0 Å². The number of hydrogen-bond donors (Lipinski definition) is 1. The zero-order valence-electron chi connectivity index (χ0n) is 14.5. The Morgan fingerprint density at radius 1 is 1.30 bits per heavy atom. The largest absolute Gasteiger partial charge is 0.462 e. The molecule has 0 unspecified atom stereocenters. The van der Waals surface area contributed by atoms with E-state index in [1.165, 1.54) is 24.3 Å². The summed E-state index contributed by atoms with van der Waals surface area (Å²) < 4.78 is 5.07. The molecule has 0 aliphatic heterocycles. The van der Waals surface area contributed by atoms with Gasteiger partial charge >= 0.3 is 5.97 Å². The van der Waals surface area contributed by atoms with E-state index in [-0.39, 0.29) is 34.0 Å². The number of carbonyl (C=O) groups excluding carboxylic acids is 2. The monoisotopic (exact) mass is 385 g/mol. The van der Waals surface area contributed by atoms with E-state index in [1.807, 2.05) is 0 Å². The number of pyridine rings is 1. The number of aromatic nitrogens is 1. The third kappa shape index (κ3) is 3.36. The Balaban J connectivity index is 2.11. The van der Waals surface area contributed by atoms with Gasteiger partial charge in [-0.15, -0.1) is 11.3 Å². The molecule has 0 aliphatic carbocycles. The molecule has 0 spiro atoms. The summed E-state index contributed by atoms with van der Waals surface area (Å²) in [5.41, 5.74) is 7.32. The quantitative estimate of drug-likeness (QED) is 0.308. The molecule has 1 aromatic carbocycles.